The van der Waals surface area contributed by atoms with Crippen LogP contribution >= 0.6 is 11.6 Å². The quantitative estimate of drug-likeness (QED) is 0.601. The van der Waals surface area contributed by atoms with E-state index in [0.29, 0.717) is 24.4 Å². The van der Waals surface area contributed by atoms with Gasteiger partial charge in [0.25, 0.3) is 0 Å². The van der Waals surface area contributed by atoms with Crippen LogP contribution in [0.3, 0.4) is 0 Å². The number of benzene rings is 2. The van der Waals surface area contributed by atoms with Gasteiger partial charge in [-0.15, -0.1) is 0 Å². The molecule has 6 heteroatoms. The van der Waals surface area contributed by atoms with E-state index in [-0.39, 0.29) is 24.0 Å². The SMILES string of the molecule is Cc1cccc(C=CCN(CC[C@@H](C)CCO)S(=O)(=O)c2ccc(Cl)cc2)c1. The molecule has 0 aromatic heterocycles. The molecule has 0 amide bonds. The fourth-order valence-corrected chi connectivity index (χ4v) is 4.41. The molecular weight excluding hydrogens is 394 g/mol. The number of aliphatic hydroxyl groups excluding tert-OH is 1. The molecule has 2 aromatic rings. The van der Waals surface area contributed by atoms with Gasteiger partial charge in [-0.05, 0) is 55.5 Å². The second-order valence-corrected chi connectivity index (χ2v) is 9.41. The van der Waals surface area contributed by atoms with Gasteiger partial charge in [-0.25, -0.2) is 8.42 Å². The number of rotatable bonds is 10. The molecule has 152 valence electrons. The normalized spacial score (nSPS) is 13.3. The largest absolute Gasteiger partial charge is 0.396 e. The molecule has 0 aliphatic carbocycles. The van der Waals surface area contributed by atoms with Crippen molar-refractivity contribution >= 4 is 27.7 Å². The van der Waals surface area contributed by atoms with Crippen LogP contribution in [0.25, 0.3) is 6.08 Å². The van der Waals surface area contributed by atoms with Gasteiger partial charge in [-0.1, -0.05) is 60.5 Å². The van der Waals surface area contributed by atoms with Crippen molar-refractivity contribution in [2.75, 3.05) is 19.7 Å². The zero-order valence-corrected chi connectivity index (χ0v) is 18.0. The van der Waals surface area contributed by atoms with Crippen molar-refractivity contribution < 1.29 is 13.5 Å². The second kappa shape index (κ2) is 10.8. The van der Waals surface area contributed by atoms with E-state index in [1.165, 1.54) is 16.4 Å². The Hall–Kier alpha value is -1.66. The maximum absolute atomic E-state index is 13.1. The predicted molar refractivity (Wildman–Crippen MR) is 116 cm³/mol. The van der Waals surface area contributed by atoms with Crippen molar-refractivity contribution in [2.45, 2.75) is 31.6 Å². The molecule has 0 bridgehead atoms. The van der Waals surface area contributed by atoms with E-state index in [0.717, 1.165) is 11.1 Å². The summed E-state index contributed by atoms with van der Waals surface area (Å²) in [5, 5.41) is 9.60. The summed E-state index contributed by atoms with van der Waals surface area (Å²) >= 11 is 5.90. The third kappa shape index (κ3) is 6.74. The average Bonchev–Trinajstić information content (AvgIpc) is 2.65. The highest BCUT2D eigenvalue weighted by Gasteiger charge is 2.23. The lowest BCUT2D eigenvalue weighted by Gasteiger charge is -2.22. The minimum Gasteiger partial charge on any atom is -0.396 e. The average molecular weight is 422 g/mol. The van der Waals surface area contributed by atoms with Gasteiger partial charge in [-0.3, -0.25) is 0 Å². The highest BCUT2D eigenvalue weighted by molar-refractivity contribution is 7.89. The molecule has 4 nitrogen and oxygen atoms in total. The molecular formula is C22H28ClNO3S. The summed E-state index contributed by atoms with van der Waals surface area (Å²) in [5.41, 5.74) is 2.20. The number of aliphatic hydroxyl groups is 1. The summed E-state index contributed by atoms with van der Waals surface area (Å²) in [6.45, 7) is 4.83. The van der Waals surface area contributed by atoms with Gasteiger partial charge < -0.3 is 5.11 Å². The van der Waals surface area contributed by atoms with Crippen molar-refractivity contribution in [1.29, 1.82) is 0 Å². The summed E-state index contributed by atoms with van der Waals surface area (Å²) < 4.78 is 27.7. The molecule has 0 aliphatic heterocycles. The molecule has 28 heavy (non-hydrogen) atoms. The first kappa shape index (κ1) is 22.6. The summed E-state index contributed by atoms with van der Waals surface area (Å²) in [4.78, 5) is 0.232. The molecule has 2 rings (SSSR count). The van der Waals surface area contributed by atoms with Crippen LogP contribution < -0.4 is 0 Å². The highest BCUT2D eigenvalue weighted by Crippen LogP contribution is 2.20. The van der Waals surface area contributed by atoms with E-state index in [2.05, 4.69) is 6.07 Å². The molecule has 2 aromatic carbocycles. The summed E-state index contributed by atoms with van der Waals surface area (Å²) in [7, 11) is -3.63. The smallest absolute Gasteiger partial charge is 0.243 e. The first-order valence-electron chi connectivity index (χ1n) is 9.42. The van der Waals surface area contributed by atoms with E-state index in [1.54, 1.807) is 12.1 Å². The second-order valence-electron chi connectivity index (χ2n) is 7.04. The molecule has 0 spiro atoms. The van der Waals surface area contributed by atoms with Crippen LogP contribution in [0.15, 0.2) is 59.5 Å². The zero-order valence-electron chi connectivity index (χ0n) is 16.4. The third-order valence-corrected chi connectivity index (χ3v) is 6.74. The molecule has 0 saturated carbocycles. The summed E-state index contributed by atoms with van der Waals surface area (Å²) in [6.07, 6.45) is 5.16. The number of sulfonamides is 1. The number of hydrogen-bond donors (Lipinski definition) is 1. The van der Waals surface area contributed by atoms with Crippen molar-refractivity contribution in [3.8, 4) is 0 Å². The Bertz CT molecular complexity index is 879. The maximum Gasteiger partial charge on any atom is 0.243 e. The zero-order chi connectivity index (χ0) is 20.6. The Morgan fingerprint density at radius 1 is 1.14 bits per heavy atom. The Morgan fingerprint density at radius 2 is 1.86 bits per heavy atom. The van der Waals surface area contributed by atoms with Gasteiger partial charge in [0.1, 0.15) is 0 Å². The highest BCUT2D eigenvalue weighted by atomic mass is 35.5. The lowest BCUT2D eigenvalue weighted by atomic mass is 10.1. The van der Waals surface area contributed by atoms with Crippen LogP contribution in [-0.2, 0) is 10.0 Å². The lowest BCUT2D eigenvalue weighted by molar-refractivity contribution is 0.253. The minimum absolute atomic E-state index is 0.109. The first-order valence-corrected chi connectivity index (χ1v) is 11.2. The monoisotopic (exact) mass is 421 g/mol. The van der Waals surface area contributed by atoms with Gasteiger partial charge in [-0.2, -0.15) is 4.31 Å². The molecule has 0 radical (unpaired) electrons. The molecule has 0 unspecified atom stereocenters. The standard InChI is InChI=1S/C22H28ClNO3S/c1-18(13-16-25)12-15-24(14-4-7-20-6-3-5-19(2)17-20)28(26,27)22-10-8-21(23)9-11-22/h3-11,17-18,25H,12-16H2,1-2H3/t18-/m1/s1. The number of halogens is 1. The summed E-state index contributed by atoms with van der Waals surface area (Å²) in [5.74, 6) is 0.244. The third-order valence-electron chi connectivity index (χ3n) is 4.61. The van der Waals surface area contributed by atoms with Gasteiger partial charge in [0, 0.05) is 24.7 Å². The van der Waals surface area contributed by atoms with E-state index in [9.17, 15) is 8.42 Å². The summed E-state index contributed by atoms with van der Waals surface area (Å²) in [6, 6.07) is 14.3. The van der Waals surface area contributed by atoms with Gasteiger partial charge in [0.05, 0.1) is 4.90 Å². The van der Waals surface area contributed by atoms with Crippen LogP contribution in [0, 0.1) is 12.8 Å². The first-order chi connectivity index (χ1) is 13.3. The molecule has 1 atom stereocenters. The Kier molecular flexibility index (Phi) is 8.70. The van der Waals surface area contributed by atoms with Crippen molar-refractivity contribution in [1.82, 2.24) is 4.31 Å². The topological polar surface area (TPSA) is 57.6 Å². The van der Waals surface area contributed by atoms with Crippen LogP contribution in [0.2, 0.25) is 5.02 Å². The van der Waals surface area contributed by atoms with Crippen LogP contribution in [-0.4, -0.2) is 37.5 Å². The van der Waals surface area contributed by atoms with Crippen LogP contribution in [0.5, 0.6) is 0 Å². The van der Waals surface area contributed by atoms with Crippen LogP contribution in [0.4, 0.5) is 0 Å². The molecule has 0 aliphatic rings. The fourth-order valence-electron chi connectivity index (χ4n) is 2.87. The number of aryl methyl sites for hydroxylation is 1. The van der Waals surface area contributed by atoms with Crippen molar-refractivity contribution in [3.05, 3.63) is 70.8 Å². The molecule has 0 heterocycles. The van der Waals surface area contributed by atoms with E-state index >= 15 is 0 Å². The lowest BCUT2D eigenvalue weighted by Crippen LogP contribution is -2.33. The van der Waals surface area contributed by atoms with Gasteiger partial charge in [0.2, 0.25) is 10.0 Å². The maximum atomic E-state index is 13.1. The Balaban J connectivity index is 2.19. The number of hydrogen-bond acceptors (Lipinski definition) is 3. The minimum atomic E-state index is -3.63. The van der Waals surface area contributed by atoms with Gasteiger partial charge >= 0.3 is 0 Å². The predicted octanol–water partition coefficient (Wildman–Crippen LogP) is 4.76. The van der Waals surface area contributed by atoms with Gasteiger partial charge in [0.15, 0.2) is 0 Å². The fraction of sp³-hybridized carbons (Fsp3) is 0.364. The van der Waals surface area contributed by atoms with Crippen LogP contribution in [0.1, 0.15) is 30.9 Å². The Morgan fingerprint density at radius 3 is 2.50 bits per heavy atom. The molecule has 0 saturated heterocycles. The van der Waals surface area contributed by atoms with Crippen molar-refractivity contribution in [3.63, 3.8) is 0 Å². The number of nitrogens with zero attached hydrogens (tertiary/aromatic N) is 1. The molecule has 1 N–H and O–H groups in total. The van der Waals surface area contributed by atoms with E-state index in [1.807, 2.05) is 44.2 Å². The van der Waals surface area contributed by atoms with E-state index < -0.39 is 10.0 Å². The van der Waals surface area contributed by atoms with E-state index in [4.69, 9.17) is 16.7 Å². The Labute approximate surface area is 173 Å². The van der Waals surface area contributed by atoms with Crippen molar-refractivity contribution in [2.24, 2.45) is 5.92 Å². The molecule has 0 fully saturated rings.